The van der Waals surface area contributed by atoms with E-state index in [1.54, 1.807) is 10.7 Å². The van der Waals surface area contributed by atoms with Crippen molar-refractivity contribution in [2.45, 2.75) is 25.4 Å². The monoisotopic (exact) mass is 371 g/mol. The van der Waals surface area contributed by atoms with Crippen LogP contribution in [0, 0.1) is 13.8 Å². The summed E-state index contributed by atoms with van der Waals surface area (Å²) in [6.07, 6.45) is 0. The molecule has 1 atom stereocenters. The lowest BCUT2D eigenvalue weighted by atomic mass is 10.1. The molecule has 7 heteroatoms. The number of amides is 1. The molecule has 5 nitrogen and oxygen atoms in total. The largest absolute Gasteiger partial charge is 0.305 e. The topological polar surface area (TPSA) is 64.0 Å². The Hall–Kier alpha value is -2.25. The van der Waals surface area contributed by atoms with Gasteiger partial charge in [0.05, 0.1) is 27.8 Å². The van der Waals surface area contributed by atoms with Gasteiger partial charge in [0.1, 0.15) is 5.82 Å². The summed E-state index contributed by atoms with van der Waals surface area (Å²) in [5.74, 6) is 1.34. The third kappa shape index (κ3) is 2.83. The Morgan fingerprint density at radius 2 is 2.08 bits per heavy atom. The molecule has 0 spiro atoms. The molecule has 4 rings (SSSR count). The first kappa shape index (κ1) is 16.2. The average Bonchev–Trinajstić information content (AvgIpc) is 3.28. The number of nitrogens with one attached hydrogen (secondary N) is 1. The molecule has 0 saturated heterocycles. The Bertz CT molecular complexity index is 990. The molecule has 0 bridgehead atoms. The normalized spacial score (nSPS) is 16.0. The standard InChI is InChI=1S/C18H17N3O2S2/c1-11-5-3-6-15(12(11)2)21-17(13-9-25(23)10-14(13)20-21)19-18(22)16-7-4-8-24-16/h3-8H,9-10H2,1-2H3,(H,19,22). The maximum Gasteiger partial charge on any atom is 0.266 e. The summed E-state index contributed by atoms with van der Waals surface area (Å²) in [5.41, 5.74) is 4.88. The van der Waals surface area contributed by atoms with E-state index in [1.165, 1.54) is 11.3 Å². The second-order valence-electron chi connectivity index (χ2n) is 6.06. The van der Waals surface area contributed by atoms with Crippen molar-refractivity contribution in [3.05, 3.63) is 63.0 Å². The lowest BCUT2D eigenvalue weighted by Crippen LogP contribution is -2.16. The number of hydrogen-bond acceptors (Lipinski definition) is 4. The summed E-state index contributed by atoms with van der Waals surface area (Å²) in [4.78, 5) is 13.2. The summed E-state index contributed by atoms with van der Waals surface area (Å²) in [6.45, 7) is 4.09. The number of nitrogens with zero attached hydrogens (tertiary/aromatic N) is 2. The Morgan fingerprint density at radius 3 is 2.84 bits per heavy atom. The molecular weight excluding hydrogens is 354 g/mol. The van der Waals surface area contributed by atoms with Crippen LogP contribution in [0.2, 0.25) is 0 Å². The highest BCUT2D eigenvalue weighted by Crippen LogP contribution is 2.33. The minimum absolute atomic E-state index is 0.165. The molecule has 0 saturated carbocycles. The number of carbonyl (C=O) groups excluding carboxylic acids is 1. The molecule has 1 unspecified atom stereocenters. The Morgan fingerprint density at radius 1 is 1.24 bits per heavy atom. The van der Waals surface area contributed by atoms with Gasteiger partial charge in [0.25, 0.3) is 5.91 Å². The number of aromatic nitrogens is 2. The molecule has 3 aromatic rings. The molecule has 128 valence electrons. The van der Waals surface area contributed by atoms with E-state index >= 15 is 0 Å². The SMILES string of the molecule is Cc1cccc(-n2nc3c(c2NC(=O)c2cccs2)CS(=O)C3)c1C. The third-order valence-electron chi connectivity index (χ3n) is 4.45. The van der Waals surface area contributed by atoms with Gasteiger partial charge in [0.15, 0.2) is 0 Å². The molecule has 1 aliphatic heterocycles. The first-order valence-corrected chi connectivity index (χ1v) is 10.3. The number of carbonyl (C=O) groups is 1. The lowest BCUT2D eigenvalue weighted by molar-refractivity contribution is 0.102. The quantitative estimate of drug-likeness (QED) is 0.766. The van der Waals surface area contributed by atoms with Crippen LogP contribution >= 0.6 is 11.3 Å². The van der Waals surface area contributed by atoms with E-state index in [-0.39, 0.29) is 5.91 Å². The summed E-state index contributed by atoms with van der Waals surface area (Å²) in [7, 11) is -0.949. The highest BCUT2D eigenvalue weighted by atomic mass is 32.2. The van der Waals surface area contributed by atoms with Gasteiger partial charge in [-0.1, -0.05) is 18.2 Å². The number of hydrogen-bond donors (Lipinski definition) is 1. The van der Waals surface area contributed by atoms with E-state index in [0.717, 1.165) is 28.1 Å². The highest BCUT2D eigenvalue weighted by Gasteiger charge is 2.29. The number of benzene rings is 1. The minimum Gasteiger partial charge on any atom is -0.305 e. The Balaban J connectivity index is 1.83. The number of rotatable bonds is 3. The molecule has 3 heterocycles. The van der Waals surface area contributed by atoms with E-state index in [2.05, 4.69) is 23.4 Å². The lowest BCUT2D eigenvalue weighted by Gasteiger charge is -2.13. The third-order valence-corrected chi connectivity index (χ3v) is 6.53. The van der Waals surface area contributed by atoms with Gasteiger partial charge in [0.2, 0.25) is 0 Å². The molecule has 1 N–H and O–H groups in total. The van der Waals surface area contributed by atoms with Gasteiger partial charge in [-0.2, -0.15) is 5.10 Å². The van der Waals surface area contributed by atoms with Gasteiger partial charge in [-0.05, 0) is 42.5 Å². The zero-order valence-corrected chi connectivity index (χ0v) is 15.5. The van der Waals surface area contributed by atoms with Crippen LogP contribution < -0.4 is 5.32 Å². The second-order valence-corrected chi connectivity index (χ2v) is 8.47. The van der Waals surface area contributed by atoms with Crippen LogP contribution in [0.15, 0.2) is 35.7 Å². The fraction of sp³-hybridized carbons (Fsp3) is 0.222. The Labute approximate surface area is 152 Å². The average molecular weight is 371 g/mol. The summed E-state index contributed by atoms with van der Waals surface area (Å²) >= 11 is 1.39. The second kappa shape index (κ2) is 6.24. The van der Waals surface area contributed by atoms with Gasteiger partial charge < -0.3 is 5.32 Å². The molecule has 0 radical (unpaired) electrons. The Kier molecular flexibility index (Phi) is 4.05. The van der Waals surface area contributed by atoms with E-state index in [9.17, 15) is 9.00 Å². The van der Waals surface area contributed by atoms with Crippen molar-refractivity contribution >= 4 is 33.9 Å². The first-order chi connectivity index (χ1) is 12.0. The predicted molar refractivity (Wildman–Crippen MR) is 101 cm³/mol. The number of fused-ring (bicyclic) bond motifs is 1. The van der Waals surface area contributed by atoms with Crippen LogP contribution in [0.25, 0.3) is 5.69 Å². The van der Waals surface area contributed by atoms with Crippen LogP contribution in [0.5, 0.6) is 0 Å². The van der Waals surface area contributed by atoms with Crippen molar-refractivity contribution in [1.29, 1.82) is 0 Å². The molecule has 0 aliphatic carbocycles. The van der Waals surface area contributed by atoms with Crippen LogP contribution in [0.1, 0.15) is 32.1 Å². The molecule has 2 aromatic heterocycles. The van der Waals surface area contributed by atoms with Crippen LogP contribution in [-0.2, 0) is 22.3 Å². The highest BCUT2D eigenvalue weighted by molar-refractivity contribution is 7.83. The fourth-order valence-electron chi connectivity index (χ4n) is 2.97. The van der Waals surface area contributed by atoms with Crippen molar-refractivity contribution < 1.29 is 9.00 Å². The minimum atomic E-state index is -0.949. The van der Waals surface area contributed by atoms with Crippen molar-refractivity contribution in [2.75, 3.05) is 5.32 Å². The van der Waals surface area contributed by atoms with E-state index in [4.69, 9.17) is 0 Å². The van der Waals surface area contributed by atoms with Crippen LogP contribution in [0.4, 0.5) is 5.82 Å². The fourth-order valence-corrected chi connectivity index (χ4v) is 4.86. The maximum absolute atomic E-state index is 12.6. The van der Waals surface area contributed by atoms with Gasteiger partial charge in [-0.3, -0.25) is 9.00 Å². The van der Waals surface area contributed by atoms with Gasteiger partial charge in [-0.25, -0.2) is 4.68 Å². The maximum atomic E-state index is 12.6. The zero-order chi connectivity index (χ0) is 17.6. The van der Waals surface area contributed by atoms with Crippen molar-refractivity contribution in [3.8, 4) is 5.69 Å². The molecule has 1 aliphatic rings. The predicted octanol–water partition coefficient (Wildman–Crippen LogP) is 3.57. The van der Waals surface area contributed by atoms with Crippen molar-refractivity contribution in [1.82, 2.24) is 9.78 Å². The van der Waals surface area contributed by atoms with Crippen molar-refractivity contribution in [2.24, 2.45) is 0 Å². The molecule has 25 heavy (non-hydrogen) atoms. The number of anilines is 1. The van der Waals surface area contributed by atoms with Crippen LogP contribution in [-0.4, -0.2) is 19.9 Å². The molecule has 1 aromatic carbocycles. The molecular formula is C18H17N3O2S2. The molecule has 0 fully saturated rings. The van der Waals surface area contributed by atoms with E-state index in [0.29, 0.717) is 22.2 Å². The van der Waals surface area contributed by atoms with Crippen LogP contribution in [0.3, 0.4) is 0 Å². The smallest absolute Gasteiger partial charge is 0.266 e. The van der Waals surface area contributed by atoms with Gasteiger partial charge in [-0.15, -0.1) is 11.3 Å². The summed E-state index contributed by atoms with van der Waals surface area (Å²) in [6, 6.07) is 9.66. The van der Waals surface area contributed by atoms with E-state index < -0.39 is 10.8 Å². The number of thiophene rings is 1. The zero-order valence-electron chi connectivity index (χ0n) is 13.9. The summed E-state index contributed by atoms with van der Waals surface area (Å²) in [5, 5.41) is 9.53. The first-order valence-electron chi connectivity index (χ1n) is 7.92. The summed E-state index contributed by atoms with van der Waals surface area (Å²) < 4.78 is 13.7. The van der Waals surface area contributed by atoms with Gasteiger partial charge >= 0.3 is 0 Å². The van der Waals surface area contributed by atoms with Crippen molar-refractivity contribution in [3.63, 3.8) is 0 Å². The molecule has 1 amide bonds. The number of aryl methyl sites for hydroxylation is 1. The van der Waals surface area contributed by atoms with E-state index in [1.807, 2.05) is 30.5 Å². The van der Waals surface area contributed by atoms with Gasteiger partial charge in [0, 0.05) is 16.4 Å².